The van der Waals surface area contributed by atoms with Crippen LogP contribution >= 0.6 is 11.6 Å². The molecule has 0 heterocycles. The standard InChI is InChI=1S/C11H11ClF3N/c12-9-3-1-2-8(11(13,14)15)10(9)7-4-6(7)5-16/h1-3,6-7H,4-5,16H2. The smallest absolute Gasteiger partial charge is 0.330 e. The molecule has 1 aromatic rings. The third-order valence-corrected chi connectivity index (χ3v) is 3.28. The van der Waals surface area contributed by atoms with Gasteiger partial charge in [-0.2, -0.15) is 13.2 Å². The van der Waals surface area contributed by atoms with Crippen molar-refractivity contribution in [2.45, 2.75) is 18.5 Å². The maximum absolute atomic E-state index is 12.8. The molecule has 2 rings (SSSR count). The number of halogens is 4. The minimum absolute atomic E-state index is 0.129. The first kappa shape index (κ1) is 11.7. The zero-order valence-electron chi connectivity index (χ0n) is 8.39. The largest absolute Gasteiger partial charge is 0.416 e. The average molecular weight is 250 g/mol. The number of benzene rings is 1. The Morgan fingerprint density at radius 2 is 2.06 bits per heavy atom. The molecular weight excluding hydrogens is 239 g/mol. The van der Waals surface area contributed by atoms with Gasteiger partial charge in [-0.1, -0.05) is 17.7 Å². The lowest BCUT2D eigenvalue weighted by Gasteiger charge is -2.14. The molecule has 0 spiro atoms. The van der Waals surface area contributed by atoms with Gasteiger partial charge in [0, 0.05) is 5.02 Å². The average Bonchev–Trinajstić information content (AvgIpc) is 2.95. The highest BCUT2D eigenvalue weighted by Crippen LogP contribution is 2.52. The maximum atomic E-state index is 12.8. The summed E-state index contributed by atoms with van der Waals surface area (Å²) in [7, 11) is 0. The van der Waals surface area contributed by atoms with Crippen molar-refractivity contribution in [3.05, 3.63) is 34.3 Å². The van der Waals surface area contributed by atoms with Crippen molar-refractivity contribution in [3.8, 4) is 0 Å². The zero-order chi connectivity index (χ0) is 11.9. The molecule has 5 heteroatoms. The number of nitrogens with two attached hydrogens (primary N) is 1. The van der Waals surface area contributed by atoms with Gasteiger partial charge in [-0.15, -0.1) is 0 Å². The molecule has 1 nitrogen and oxygen atoms in total. The molecule has 2 atom stereocenters. The lowest BCUT2D eigenvalue weighted by molar-refractivity contribution is -0.138. The number of hydrogen-bond donors (Lipinski definition) is 1. The summed E-state index contributed by atoms with van der Waals surface area (Å²) in [5.74, 6) is 0.0105. The second-order valence-electron chi connectivity index (χ2n) is 4.04. The number of hydrogen-bond acceptors (Lipinski definition) is 1. The first-order chi connectivity index (χ1) is 7.45. The van der Waals surface area contributed by atoms with Crippen LogP contribution in [-0.4, -0.2) is 6.54 Å². The van der Waals surface area contributed by atoms with E-state index in [2.05, 4.69) is 0 Å². The summed E-state index contributed by atoms with van der Waals surface area (Å²) < 4.78 is 38.3. The summed E-state index contributed by atoms with van der Waals surface area (Å²) in [6.07, 6.45) is -3.65. The molecule has 88 valence electrons. The summed E-state index contributed by atoms with van der Waals surface area (Å²) in [6.45, 7) is 0.410. The molecule has 0 bridgehead atoms. The van der Waals surface area contributed by atoms with Crippen molar-refractivity contribution in [2.75, 3.05) is 6.54 Å². The molecule has 2 unspecified atom stereocenters. The molecule has 0 aromatic heterocycles. The van der Waals surface area contributed by atoms with Gasteiger partial charge in [-0.25, -0.2) is 0 Å². The van der Waals surface area contributed by atoms with Crippen molar-refractivity contribution in [1.82, 2.24) is 0 Å². The molecule has 16 heavy (non-hydrogen) atoms. The van der Waals surface area contributed by atoms with Gasteiger partial charge in [0.1, 0.15) is 0 Å². The highest BCUT2D eigenvalue weighted by molar-refractivity contribution is 6.31. The van der Waals surface area contributed by atoms with Crippen LogP contribution in [0.25, 0.3) is 0 Å². The Morgan fingerprint density at radius 1 is 1.38 bits per heavy atom. The van der Waals surface area contributed by atoms with E-state index >= 15 is 0 Å². The highest BCUT2D eigenvalue weighted by Gasteiger charge is 2.44. The van der Waals surface area contributed by atoms with Crippen LogP contribution in [0.4, 0.5) is 13.2 Å². The minimum atomic E-state index is -4.35. The normalized spacial score (nSPS) is 24.6. The van der Waals surface area contributed by atoms with Crippen molar-refractivity contribution in [2.24, 2.45) is 11.7 Å². The molecule has 1 aliphatic carbocycles. The Morgan fingerprint density at radius 3 is 2.56 bits per heavy atom. The van der Waals surface area contributed by atoms with E-state index in [1.54, 1.807) is 0 Å². The topological polar surface area (TPSA) is 26.0 Å². The van der Waals surface area contributed by atoms with Gasteiger partial charge in [-0.3, -0.25) is 0 Å². The van der Waals surface area contributed by atoms with Gasteiger partial charge >= 0.3 is 6.18 Å². The van der Waals surface area contributed by atoms with Gasteiger partial charge in [0.15, 0.2) is 0 Å². The van der Waals surface area contributed by atoms with Crippen LogP contribution in [0.1, 0.15) is 23.5 Å². The fourth-order valence-electron chi connectivity index (χ4n) is 2.02. The van der Waals surface area contributed by atoms with E-state index in [0.29, 0.717) is 13.0 Å². The van der Waals surface area contributed by atoms with Gasteiger partial charge in [-0.05, 0) is 42.5 Å². The minimum Gasteiger partial charge on any atom is -0.330 e. The van der Waals surface area contributed by atoms with Crippen molar-refractivity contribution in [1.29, 1.82) is 0 Å². The Bertz CT molecular complexity index is 403. The summed E-state index contributed by atoms with van der Waals surface area (Å²) in [4.78, 5) is 0. The SMILES string of the molecule is NCC1CC1c1c(Cl)cccc1C(F)(F)F. The van der Waals surface area contributed by atoms with Gasteiger partial charge in [0.2, 0.25) is 0 Å². The third-order valence-electron chi connectivity index (χ3n) is 2.95. The fraction of sp³-hybridized carbons (Fsp3) is 0.455. The Balaban J connectivity index is 2.43. The highest BCUT2D eigenvalue weighted by atomic mass is 35.5. The van der Waals surface area contributed by atoms with Crippen LogP contribution in [0, 0.1) is 5.92 Å². The van der Waals surface area contributed by atoms with E-state index in [1.807, 2.05) is 0 Å². The second kappa shape index (κ2) is 3.93. The van der Waals surface area contributed by atoms with E-state index in [1.165, 1.54) is 12.1 Å². The quantitative estimate of drug-likeness (QED) is 0.854. The zero-order valence-corrected chi connectivity index (χ0v) is 9.15. The Labute approximate surface area is 96.4 Å². The molecule has 0 radical (unpaired) electrons. The van der Waals surface area contributed by atoms with E-state index in [-0.39, 0.29) is 22.4 Å². The lowest BCUT2D eigenvalue weighted by atomic mass is 10.0. The Kier molecular flexibility index (Phi) is 2.88. The summed E-state index contributed by atoms with van der Waals surface area (Å²) in [6, 6.07) is 3.90. The predicted octanol–water partition coefficient (Wildman–Crippen LogP) is 3.42. The van der Waals surface area contributed by atoms with Crippen LogP contribution < -0.4 is 5.73 Å². The van der Waals surface area contributed by atoms with Gasteiger partial charge < -0.3 is 5.73 Å². The molecule has 2 N–H and O–H groups in total. The fourth-order valence-corrected chi connectivity index (χ4v) is 2.34. The summed E-state index contributed by atoms with van der Waals surface area (Å²) >= 11 is 5.85. The first-order valence-corrected chi connectivity index (χ1v) is 5.38. The third kappa shape index (κ3) is 2.04. The van der Waals surface area contributed by atoms with Crippen LogP contribution in [-0.2, 0) is 6.18 Å². The molecule has 0 saturated heterocycles. The second-order valence-corrected chi connectivity index (χ2v) is 4.44. The molecule has 1 fully saturated rings. The lowest BCUT2D eigenvalue weighted by Crippen LogP contribution is -2.10. The predicted molar refractivity (Wildman–Crippen MR) is 56.4 cm³/mol. The van der Waals surface area contributed by atoms with Gasteiger partial charge in [0.05, 0.1) is 5.56 Å². The molecule has 1 aromatic carbocycles. The van der Waals surface area contributed by atoms with Crippen molar-refractivity contribution >= 4 is 11.6 Å². The molecule has 0 aliphatic heterocycles. The van der Waals surface area contributed by atoms with Gasteiger partial charge in [0.25, 0.3) is 0 Å². The molecule has 1 aliphatic rings. The maximum Gasteiger partial charge on any atom is 0.416 e. The summed E-state index contributed by atoms with van der Waals surface area (Å²) in [5, 5.41) is 0.191. The first-order valence-electron chi connectivity index (χ1n) is 5.00. The molecular formula is C11H11ClF3N. The molecule has 1 saturated carbocycles. The van der Waals surface area contributed by atoms with Crippen LogP contribution in [0.5, 0.6) is 0 Å². The van der Waals surface area contributed by atoms with Crippen LogP contribution in [0.2, 0.25) is 5.02 Å². The van der Waals surface area contributed by atoms with E-state index < -0.39 is 11.7 Å². The van der Waals surface area contributed by atoms with Crippen molar-refractivity contribution in [3.63, 3.8) is 0 Å². The molecule has 0 amide bonds. The van der Waals surface area contributed by atoms with E-state index in [4.69, 9.17) is 17.3 Å². The van der Waals surface area contributed by atoms with E-state index in [0.717, 1.165) is 6.07 Å². The van der Waals surface area contributed by atoms with Crippen LogP contribution in [0.3, 0.4) is 0 Å². The van der Waals surface area contributed by atoms with E-state index in [9.17, 15) is 13.2 Å². The summed E-state index contributed by atoms with van der Waals surface area (Å²) in [5.41, 5.74) is 5.04. The number of rotatable bonds is 2. The Hall–Kier alpha value is -0.740. The van der Waals surface area contributed by atoms with Crippen LogP contribution in [0.15, 0.2) is 18.2 Å². The van der Waals surface area contributed by atoms with Crippen molar-refractivity contribution < 1.29 is 13.2 Å². The number of alkyl halides is 3. The monoisotopic (exact) mass is 249 g/mol.